The molecule has 0 saturated heterocycles. The first-order valence-electron chi connectivity index (χ1n) is 10.6. The summed E-state index contributed by atoms with van der Waals surface area (Å²) < 4.78 is 36.7. The summed E-state index contributed by atoms with van der Waals surface area (Å²) in [6.07, 6.45) is 3.64. The first-order chi connectivity index (χ1) is 16.8. The van der Waals surface area contributed by atoms with Gasteiger partial charge in [-0.25, -0.2) is 28.7 Å². The van der Waals surface area contributed by atoms with E-state index < -0.39 is 16.7 Å². The van der Waals surface area contributed by atoms with Crippen LogP contribution >= 0.6 is 11.6 Å². The molecular formula is C25H19ClF2N6O. The lowest BCUT2D eigenvalue weighted by atomic mass is 10.0. The van der Waals surface area contributed by atoms with E-state index in [0.29, 0.717) is 17.0 Å². The number of ether oxygens (including phenoxy) is 1. The van der Waals surface area contributed by atoms with Crippen LogP contribution in [0, 0.1) is 25.5 Å². The fourth-order valence-electron chi connectivity index (χ4n) is 3.74. The second-order valence-electron chi connectivity index (χ2n) is 8.01. The van der Waals surface area contributed by atoms with Gasteiger partial charge < -0.3 is 4.74 Å². The maximum absolute atomic E-state index is 15.2. The van der Waals surface area contributed by atoms with Crippen molar-refractivity contribution < 1.29 is 13.5 Å². The number of fused-ring (bicyclic) bond motifs is 1. The first kappa shape index (κ1) is 22.8. The van der Waals surface area contributed by atoms with Crippen molar-refractivity contribution >= 4 is 22.8 Å². The van der Waals surface area contributed by atoms with Gasteiger partial charge in [-0.05, 0) is 31.5 Å². The van der Waals surface area contributed by atoms with Crippen LogP contribution in [0.1, 0.15) is 11.4 Å². The largest absolute Gasteiger partial charge is 0.495 e. The molecule has 35 heavy (non-hydrogen) atoms. The number of halogens is 3. The summed E-state index contributed by atoms with van der Waals surface area (Å²) in [6.45, 7) is 3.58. The molecule has 0 aliphatic rings. The van der Waals surface area contributed by atoms with E-state index in [4.69, 9.17) is 16.3 Å². The monoisotopic (exact) mass is 492 g/mol. The molecule has 0 N–H and O–H groups in total. The van der Waals surface area contributed by atoms with Crippen molar-refractivity contribution in [3.05, 3.63) is 70.8 Å². The Hall–Kier alpha value is -3.98. The van der Waals surface area contributed by atoms with Crippen molar-refractivity contribution in [2.24, 2.45) is 7.05 Å². The normalized spacial score (nSPS) is 11.3. The second kappa shape index (κ2) is 8.66. The highest BCUT2D eigenvalue weighted by Crippen LogP contribution is 2.38. The second-order valence-corrected chi connectivity index (χ2v) is 8.39. The summed E-state index contributed by atoms with van der Waals surface area (Å²) in [5, 5.41) is 3.77. The van der Waals surface area contributed by atoms with E-state index in [1.54, 1.807) is 24.7 Å². The van der Waals surface area contributed by atoms with E-state index >= 15 is 4.39 Å². The summed E-state index contributed by atoms with van der Waals surface area (Å²) in [6, 6.07) is 8.83. The molecule has 0 unspecified atom stereocenters. The first-order valence-corrected chi connectivity index (χ1v) is 11.0. The van der Waals surface area contributed by atoms with Crippen LogP contribution in [-0.4, -0.2) is 36.8 Å². The van der Waals surface area contributed by atoms with Gasteiger partial charge in [0.1, 0.15) is 22.0 Å². The fourth-order valence-corrected chi connectivity index (χ4v) is 3.95. The zero-order valence-electron chi connectivity index (χ0n) is 19.3. The van der Waals surface area contributed by atoms with E-state index in [1.807, 2.05) is 37.5 Å². The Morgan fingerprint density at radius 1 is 0.914 bits per heavy atom. The van der Waals surface area contributed by atoms with E-state index in [9.17, 15) is 4.39 Å². The molecule has 0 spiro atoms. The van der Waals surface area contributed by atoms with Gasteiger partial charge in [-0.1, -0.05) is 29.8 Å². The number of rotatable bonds is 4. The van der Waals surface area contributed by atoms with Gasteiger partial charge in [0.2, 0.25) is 0 Å². The molecule has 3 aromatic heterocycles. The molecule has 0 fully saturated rings. The maximum Gasteiger partial charge on any atom is 0.182 e. The molecule has 0 saturated carbocycles. The standard InChI is InChI=1S/C25H19ClF2N6O/c1-12-13(2)31-25-23(30-12)22(17-9-18(35-4)19(26)21(28)20(17)27)32-24(33-25)15-7-5-6-14(8-15)16-10-29-34(3)11-16/h5-11H,1-4H3. The topological polar surface area (TPSA) is 78.6 Å². The zero-order valence-corrected chi connectivity index (χ0v) is 20.0. The highest BCUT2D eigenvalue weighted by Gasteiger charge is 2.24. The van der Waals surface area contributed by atoms with E-state index in [2.05, 4.69) is 25.0 Å². The minimum absolute atomic E-state index is 0.0238. The van der Waals surface area contributed by atoms with Crippen molar-refractivity contribution in [2.45, 2.75) is 13.8 Å². The summed E-state index contributed by atoms with van der Waals surface area (Å²) in [5.74, 6) is -2.13. The molecule has 0 radical (unpaired) electrons. The third-order valence-electron chi connectivity index (χ3n) is 5.69. The minimum Gasteiger partial charge on any atom is -0.495 e. The van der Waals surface area contributed by atoms with Crippen molar-refractivity contribution in [2.75, 3.05) is 7.11 Å². The number of methoxy groups -OCH3 is 1. The molecule has 0 atom stereocenters. The Morgan fingerprint density at radius 3 is 2.37 bits per heavy atom. The zero-order chi connectivity index (χ0) is 24.9. The van der Waals surface area contributed by atoms with Crippen LogP contribution in [0.4, 0.5) is 8.78 Å². The summed E-state index contributed by atoms with van der Waals surface area (Å²) >= 11 is 5.92. The van der Waals surface area contributed by atoms with Gasteiger partial charge in [0.15, 0.2) is 23.1 Å². The van der Waals surface area contributed by atoms with Crippen LogP contribution in [-0.2, 0) is 7.05 Å². The maximum atomic E-state index is 15.2. The molecular weight excluding hydrogens is 474 g/mol. The van der Waals surface area contributed by atoms with Gasteiger partial charge in [-0.15, -0.1) is 0 Å². The average Bonchev–Trinajstić information content (AvgIpc) is 3.29. The number of aryl methyl sites for hydroxylation is 3. The van der Waals surface area contributed by atoms with Crippen molar-refractivity contribution in [1.82, 2.24) is 29.7 Å². The summed E-state index contributed by atoms with van der Waals surface area (Å²) in [4.78, 5) is 18.3. The van der Waals surface area contributed by atoms with E-state index in [0.717, 1.165) is 11.1 Å². The van der Waals surface area contributed by atoms with Gasteiger partial charge in [-0.3, -0.25) is 4.68 Å². The number of hydrogen-bond donors (Lipinski definition) is 0. The average molecular weight is 493 g/mol. The highest BCUT2D eigenvalue weighted by atomic mass is 35.5. The molecule has 5 aromatic rings. The van der Waals surface area contributed by atoms with Gasteiger partial charge >= 0.3 is 0 Å². The Balaban J connectivity index is 1.79. The van der Waals surface area contributed by atoms with Gasteiger partial charge in [0.25, 0.3) is 0 Å². The third kappa shape index (κ3) is 3.97. The smallest absolute Gasteiger partial charge is 0.182 e. The van der Waals surface area contributed by atoms with Crippen molar-refractivity contribution in [1.29, 1.82) is 0 Å². The molecule has 0 aliphatic carbocycles. The van der Waals surface area contributed by atoms with Crippen LogP contribution in [0.25, 0.3) is 44.9 Å². The Bertz CT molecular complexity index is 1620. The van der Waals surface area contributed by atoms with Gasteiger partial charge in [0.05, 0.1) is 24.7 Å². The SMILES string of the molecule is COc1cc(-c2nc(-c3cccc(-c4cnn(C)c4)c3)nc3nc(C)c(C)nc23)c(F)c(F)c1Cl. The molecule has 10 heteroatoms. The van der Waals surface area contributed by atoms with Crippen LogP contribution in [0.2, 0.25) is 5.02 Å². The Kier molecular flexibility index (Phi) is 5.64. The predicted molar refractivity (Wildman–Crippen MR) is 129 cm³/mol. The lowest BCUT2D eigenvalue weighted by Gasteiger charge is -2.13. The van der Waals surface area contributed by atoms with Crippen LogP contribution in [0.3, 0.4) is 0 Å². The lowest BCUT2D eigenvalue weighted by molar-refractivity contribution is 0.407. The highest BCUT2D eigenvalue weighted by molar-refractivity contribution is 6.32. The van der Waals surface area contributed by atoms with Crippen LogP contribution < -0.4 is 4.74 Å². The number of hydrogen-bond acceptors (Lipinski definition) is 6. The van der Waals surface area contributed by atoms with Crippen LogP contribution in [0.15, 0.2) is 42.7 Å². The Morgan fingerprint density at radius 2 is 1.66 bits per heavy atom. The van der Waals surface area contributed by atoms with Crippen LogP contribution in [0.5, 0.6) is 5.75 Å². The molecule has 0 aliphatic heterocycles. The molecule has 7 nitrogen and oxygen atoms in total. The number of benzene rings is 2. The third-order valence-corrected chi connectivity index (χ3v) is 6.04. The summed E-state index contributed by atoms with van der Waals surface area (Å²) in [5.41, 5.74) is 4.19. The lowest BCUT2D eigenvalue weighted by Crippen LogP contribution is -2.04. The molecule has 0 bridgehead atoms. The summed E-state index contributed by atoms with van der Waals surface area (Å²) in [7, 11) is 3.16. The van der Waals surface area contributed by atoms with Crippen molar-refractivity contribution in [3.63, 3.8) is 0 Å². The Labute approximate surface area is 204 Å². The fraction of sp³-hybridized carbons (Fsp3) is 0.160. The molecule has 5 rings (SSSR count). The minimum atomic E-state index is -1.23. The van der Waals surface area contributed by atoms with E-state index in [-0.39, 0.29) is 34.0 Å². The number of nitrogens with zero attached hydrogens (tertiary/aromatic N) is 6. The quantitative estimate of drug-likeness (QED) is 0.299. The molecule has 2 aromatic carbocycles. The van der Waals surface area contributed by atoms with Gasteiger partial charge in [0, 0.05) is 29.9 Å². The number of aromatic nitrogens is 6. The molecule has 0 amide bonds. The van der Waals surface area contributed by atoms with E-state index in [1.165, 1.54) is 13.2 Å². The molecule has 3 heterocycles. The molecule has 176 valence electrons. The van der Waals surface area contributed by atoms with Crippen molar-refractivity contribution in [3.8, 4) is 39.5 Å². The predicted octanol–water partition coefficient (Wildman–Crippen LogP) is 5.71. The van der Waals surface area contributed by atoms with Gasteiger partial charge in [-0.2, -0.15) is 5.10 Å².